The van der Waals surface area contributed by atoms with E-state index in [1.165, 1.54) is 26.2 Å². The van der Waals surface area contributed by atoms with Crippen LogP contribution in [-0.4, -0.2) is 42.3 Å². The minimum absolute atomic E-state index is 0.0201. The number of sulfonamides is 1. The molecule has 0 bridgehead atoms. The highest BCUT2D eigenvalue weighted by atomic mass is 35.5. The van der Waals surface area contributed by atoms with E-state index in [1.54, 1.807) is 18.2 Å². The lowest BCUT2D eigenvalue weighted by Crippen LogP contribution is -2.30. The van der Waals surface area contributed by atoms with E-state index in [4.69, 9.17) is 11.6 Å². The summed E-state index contributed by atoms with van der Waals surface area (Å²) in [6.45, 7) is 1.85. The summed E-state index contributed by atoms with van der Waals surface area (Å²) >= 11 is 6.09. The van der Waals surface area contributed by atoms with Crippen molar-refractivity contribution >= 4 is 33.2 Å². The number of anilines is 1. The molecular weight excluding hydrogens is 487 g/mol. The second-order valence-corrected chi connectivity index (χ2v) is 10.0. The fraction of sp³-hybridized carbons (Fsp3) is 0.227. The SMILES string of the molecule is Cc1ccc(CNC(=O)c2nc(-c3c(F)cccc3N(C)S(C)(=O)=O)n(C)c(=O)c2O)cc1Cl. The topological polar surface area (TPSA) is 122 Å². The number of aromatic hydroxyl groups is 1. The molecule has 0 aliphatic heterocycles. The lowest BCUT2D eigenvalue weighted by Gasteiger charge is -2.21. The average molecular weight is 509 g/mol. The maximum absolute atomic E-state index is 14.9. The lowest BCUT2D eigenvalue weighted by molar-refractivity contribution is 0.0942. The Balaban J connectivity index is 2.09. The van der Waals surface area contributed by atoms with E-state index in [1.807, 2.05) is 6.92 Å². The molecule has 3 rings (SSSR count). The minimum atomic E-state index is -3.79. The lowest BCUT2D eigenvalue weighted by atomic mass is 10.1. The number of carbonyl (C=O) groups excluding carboxylic acids is 1. The number of hydrogen-bond acceptors (Lipinski definition) is 6. The van der Waals surface area contributed by atoms with Gasteiger partial charge >= 0.3 is 0 Å². The van der Waals surface area contributed by atoms with Gasteiger partial charge in [0.2, 0.25) is 15.8 Å². The van der Waals surface area contributed by atoms with Crippen molar-refractivity contribution in [3.05, 3.63) is 74.4 Å². The van der Waals surface area contributed by atoms with Gasteiger partial charge in [0.25, 0.3) is 11.5 Å². The van der Waals surface area contributed by atoms with Gasteiger partial charge in [0.1, 0.15) is 11.6 Å². The highest BCUT2D eigenvalue weighted by Gasteiger charge is 2.26. The number of aryl methyl sites for hydroxylation is 1. The van der Waals surface area contributed by atoms with E-state index in [2.05, 4.69) is 10.3 Å². The first-order chi connectivity index (χ1) is 15.8. The average Bonchev–Trinajstić information content (AvgIpc) is 2.77. The zero-order valence-corrected chi connectivity index (χ0v) is 20.3. The molecule has 3 aromatic rings. The van der Waals surface area contributed by atoms with Crippen molar-refractivity contribution in [2.45, 2.75) is 13.5 Å². The summed E-state index contributed by atoms with van der Waals surface area (Å²) in [5.41, 5.74) is -0.548. The molecule has 2 aromatic carbocycles. The predicted molar refractivity (Wildman–Crippen MR) is 127 cm³/mol. The van der Waals surface area contributed by atoms with Gasteiger partial charge < -0.3 is 10.4 Å². The summed E-state index contributed by atoms with van der Waals surface area (Å²) in [5.74, 6) is -3.03. The van der Waals surface area contributed by atoms with E-state index in [9.17, 15) is 27.5 Å². The summed E-state index contributed by atoms with van der Waals surface area (Å²) in [5, 5.41) is 13.3. The highest BCUT2D eigenvalue weighted by molar-refractivity contribution is 7.92. The summed E-state index contributed by atoms with van der Waals surface area (Å²) in [4.78, 5) is 29.5. The summed E-state index contributed by atoms with van der Waals surface area (Å²) in [6, 6.07) is 8.88. The molecule has 1 aromatic heterocycles. The number of nitrogens with one attached hydrogen (secondary N) is 1. The third-order valence-corrected chi connectivity index (χ3v) is 6.82. The molecule has 12 heteroatoms. The van der Waals surface area contributed by atoms with E-state index < -0.39 is 38.8 Å². The van der Waals surface area contributed by atoms with Crippen LogP contribution in [0.2, 0.25) is 5.02 Å². The minimum Gasteiger partial charge on any atom is -0.501 e. The van der Waals surface area contributed by atoms with Crippen LogP contribution in [0.5, 0.6) is 5.75 Å². The highest BCUT2D eigenvalue weighted by Crippen LogP contribution is 2.33. The Labute approximate surface area is 200 Å². The maximum atomic E-state index is 14.9. The Morgan fingerprint density at radius 3 is 2.59 bits per heavy atom. The first-order valence-electron chi connectivity index (χ1n) is 9.89. The van der Waals surface area contributed by atoms with Crippen molar-refractivity contribution in [2.24, 2.45) is 7.05 Å². The molecule has 180 valence electrons. The van der Waals surface area contributed by atoms with Crippen LogP contribution in [0.15, 0.2) is 41.2 Å². The van der Waals surface area contributed by atoms with E-state index >= 15 is 0 Å². The van der Waals surface area contributed by atoms with Crippen LogP contribution >= 0.6 is 11.6 Å². The molecular formula is C22H22ClFN4O5S. The molecule has 0 unspecified atom stereocenters. The van der Waals surface area contributed by atoms with Crippen molar-refractivity contribution in [2.75, 3.05) is 17.6 Å². The van der Waals surface area contributed by atoms with E-state index in [0.29, 0.717) is 10.6 Å². The molecule has 2 N–H and O–H groups in total. The van der Waals surface area contributed by atoms with Crippen molar-refractivity contribution in [3.63, 3.8) is 0 Å². The summed E-state index contributed by atoms with van der Waals surface area (Å²) < 4.78 is 40.7. The molecule has 0 radical (unpaired) electrons. The third kappa shape index (κ3) is 4.90. The Morgan fingerprint density at radius 1 is 1.29 bits per heavy atom. The smallest absolute Gasteiger partial charge is 0.296 e. The predicted octanol–water partition coefficient (Wildman–Crippen LogP) is 2.58. The molecule has 9 nitrogen and oxygen atoms in total. The Bertz CT molecular complexity index is 1460. The maximum Gasteiger partial charge on any atom is 0.296 e. The summed E-state index contributed by atoms with van der Waals surface area (Å²) in [6.07, 6.45) is 0.932. The fourth-order valence-corrected chi connectivity index (χ4v) is 3.87. The van der Waals surface area contributed by atoms with Crippen LogP contribution in [0.25, 0.3) is 11.4 Å². The normalized spacial score (nSPS) is 11.4. The molecule has 0 aliphatic rings. The number of halogens is 2. The molecule has 34 heavy (non-hydrogen) atoms. The Morgan fingerprint density at radius 2 is 1.97 bits per heavy atom. The molecule has 1 amide bonds. The number of benzene rings is 2. The van der Waals surface area contributed by atoms with Gasteiger partial charge in [-0.2, -0.15) is 0 Å². The standard InChI is InChI=1S/C22H22ClFN4O5S/c1-12-8-9-13(10-14(12)23)11-25-21(30)18-19(29)22(31)27(2)20(26-18)17-15(24)6-5-7-16(17)28(3)34(4,32)33/h5-10,29H,11H2,1-4H3,(H,25,30). The first-order valence-corrected chi connectivity index (χ1v) is 12.1. The van der Waals surface area contributed by atoms with Gasteiger partial charge in [0.05, 0.1) is 17.5 Å². The quantitative estimate of drug-likeness (QED) is 0.528. The van der Waals surface area contributed by atoms with Crippen molar-refractivity contribution in [1.29, 1.82) is 0 Å². The van der Waals surface area contributed by atoms with Crippen LogP contribution < -0.4 is 15.2 Å². The number of hydrogen-bond donors (Lipinski definition) is 2. The zero-order chi connectivity index (χ0) is 25.4. The van der Waals surface area contributed by atoms with Gasteiger partial charge in [-0.15, -0.1) is 0 Å². The number of amides is 1. The molecule has 0 aliphatic carbocycles. The van der Waals surface area contributed by atoms with Crippen LogP contribution in [0, 0.1) is 12.7 Å². The van der Waals surface area contributed by atoms with Gasteiger partial charge in [0.15, 0.2) is 5.69 Å². The first kappa shape index (κ1) is 25.2. The van der Waals surface area contributed by atoms with Gasteiger partial charge in [-0.05, 0) is 36.2 Å². The molecule has 0 spiro atoms. The second-order valence-electron chi connectivity index (χ2n) is 7.63. The zero-order valence-electron chi connectivity index (χ0n) is 18.8. The number of nitrogens with zero attached hydrogens (tertiary/aromatic N) is 3. The monoisotopic (exact) mass is 508 g/mol. The molecule has 0 fully saturated rings. The van der Waals surface area contributed by atoms with Crippen molar-refractivity contribution in [3.8, 4) is 17.1 Å². The Kier molecular flexibility index (Phi) is 6.99. The van der Waals surface area contributed by atoms with Crippen molar-refractivity contribution in [1.82, 2.24) is 14.9 Å². The van der Waals surface area contributed by atoms with Crippen molar-refractivity contribution < 1.29 is 22.7 Å². The van der Waals surface area contributed by atoms with Crippen LogP contribution in [0.4, 0.5) is 10.1 Å². The third-order valence-electron chi connectivity index (χ3n) is 5.22. The van der Waals surface area contributed by atoms with Crippen LogP contribution in [-0.2, 0) is 23.6 Å². The number of rotatable bonds is 6. The number of aromatic nitrogens is 2. The Hall–Kier alpha value is -3.44. The largest absolute Gasteiger partial charge is 0.501 e. The van der Waals surface area contributed by atoms with E-state index in [0.717, 1.165) is 26.8 Å². The molecule has 0 saturated carbocycles. The van der Waals surface area contributed by atoms with E-state index in [-0.39, 0.29) is 23.6 Å². The molecule has 0 saturated heterocycles. The van der Waals surface area contributed by atoms with Gasteiger partial charge in [-0.3, -0.25) is 18.5 Å². The van der Waals surface area contributed by atoms with Gasteiger partial charge in [0, 0.05) is 25.7 Å². The second kappa shape index (κ2) is 9.43. The fourth-order valence-electron chi connectivity index (χ4n) is 3.16. The summed E-state index contributed by atoms with van der Waals surface area (Å²) in [7, 11) is -1.36. The van der Waals surface area contributed by atoms with Crippen LogP contribution in [0.3, 0.4) is 0 Å². The van der Waals surface area contributed by atoms with Crippen LogP contribution in [0.1, 0.15) is 21.6 Å². The number of carbonyl (C=O) groups is 1. The van der Waals surface area contributed by atoms with Gasteiger partial charge in [-0.25, -0.2) is 17.8 Å². The molecule has 0 atom stereocenters. The molecule has 1 heterocycles. The van der Waals surface area contributed by atoms with Gasteiger partial charge in [-0.1, -0.05) is 29.8 Å².